The molecular weight excluding hydrogens is 302 g/mol. The summed E-state index contributed by atoms with van der Waals surface area (Å²) >= 11 is 3.44. The van der Waals surface area contributed by atoms with Crippen LogP contribution in [0.1, 0.15) is 18.1 Å². The molecule has 0 amide bonds. The van der Waals surface area contributed by atoms with E-state index < -0.39 is 0 Å². The maximum Gasteiger partial charge on any atom is 0.137 e. The van der Waals surface area contributed by atoms with E-state index in [0.717, 1.165) is 28.1 Å². The quantitative estimate of drug-likeness (QED) is 0.932. The molecule has 3 nitrogen and oxygen atoms in total. The standard InChI is InChI=1S/C15H18BrN3/c1-3-19(14-6-4-5-11(2)7-14)15-12(9-17)8-13(16)10-18-15/h4-8,10H,3,9,17H2,1-2H3. The molecular formula is C15H18BrN3. The molecule has 0 fully saturated rings. The van der Waals surface area contributed by atoms with E-state index >= 15 is 0 Å². The highest BCUT2D eigenvalue weighted by Crippen LogP contribution is 2.28. The number of halogens is 1. The van der Waals surface area contributed by atoms with Crippen LogP contribution in [0, 0.1) is 6.92 Å². The van der Waals surface area contributed by atoms with Crippen LogP contribution < -0.4 is 10.6 Å². The predicted octanol–water partition coefficient (Wildman–Crippen LogP) is 3.77. The third kappa shape index (κ3) is 3.14. The first-order valence-electron chi connectivity index (χ1n) is 6.34. The minimum absolute atomic E-state index is 0.476. The van der Waals surface area contributed by atoms with E-state index in [1.54, 1.807) is 0 Å². The Morgan fingerprint density at radius 2 is 2.11 bits per heavy atom. The van der Waals surface area contributed by atoms with Crippen molar-refractivity contribution in [3.63, 3.8) is 0 Å². The van der Waals surface area contributed by atoms with Crippen molar-refractivity contribution in [2.24, 2.45) is 5.73 Å². The molecule has 0 bridgehead atoms. The van der Waals surface area contributed by atoms with Gasteiger partial charge in [0.05, 0.1) is 0 Å². The number of pyridine rings is 1. The number of nitrogens with zero attached hydrogens (tertiary/aromatic N) is 2. The van der Waals surface area contributed by atoms with E-state index in [-0.39, 0.29) is 0 Å². The van der Waals surface area contributed by atoms with Gasteiger partial charge >= 0.3 is 0 Å². The Morgan fingerprint density at radius 1 is 1.32 bits per heavy atom. The normalized spacial score (nSPS) is 10.5. The summed E-state index contributed by atoms with van der Waals surface area (Å²) in [7, 11) is 0. The van der Waals surface area contributed by atoms with Crippen molar-refractivity contribution in [2.75, 3.05) is 11.4 Å². The fraction of sp³-hybridized carbons (Fsp3) is 0.267. The molecule has 1 heterocycles. The topological polar surface area (TPSA) is 42.2 Å². The summed E-state index contributed by atoms with van der Waals surface area (Å²) in [5.74, 6) is 0.929. The second-order valence-corrected chi connectivity index (χ2v) is 5.34. The minimum Gasteiger partial charge on any atom is -0.326 e. The first-order chi connectivity index (χ1) is 9.15. The van der Waals surface area contributed by atoms with Crippen molar-refractivity contribution in [2.45, 2.75) is 20.4 Å². The maximum absolute atomic E-state index is 5.83. The van der Waals surface area contributed by atoms with E-state index in [9.17, 15) is 0 Å². The first kappa shape index (κ1) is 14.0. The van der Waals surface area contributed by atoms with Crippen LogP contribution in [0.5, 0.6) is 0 Å². The second kappa shape index (κ2) is 6.17. The molecule has 1 aromatic carbocycles. The molecule has 0 saturated carbocycles. The lowest BCUT2D eigenvalue weighted by molar-refractivity contribution is 0.945. The summed E-state index contributed by atoms with van der Waals surface area (Å²) in [6, 6.07) is 10.4. The largest absolute Gasteiger partial charge is 0.326 e. The van der Waals surface area contributed by atoms with Crippen molar-refractivity contribution in [1.29, 1.82) is 0 Å². The summed E-state index contributed by atoms with van der Waals surface area (Å²) in [6.07, 6.45) is 1.81. The highest BCUT2D eigenvalue weighted by Gasteiger charge is 2.13. The predicted molar refractivity (Wildman–Crippen MR) is 83.7 cm³/mol. The number of hydrogen-bond donors (Lipinski definition) is 1. The summed E-state index contributed by atoms with van der Waals surface area (Å²) in [6.45, 7) is 5.54. The molecule has 0 spiro atoms. The summed E-state index contributed by atoms with van der Waals surface area (Å²) in [5, 5.41) is 0. The van der Waals surface area contributed by atoms with E-state index in [1.165, 1.54) is 5.56 Å². The van der Waals surface area contributed by atoms with Crippen molar-refractivity contribution in [3.8, 4) is 0 Å². The zero-order valence-corrected chi connectivity index (χ0v) is 12.8. The van der Waals surface area contributed by atoms with Gasteiger partial charge in [0, 0.05) is 35.0 Å². The number of hydrogen-bond acceptors (Lipinski definition) is 3. The van der Waals surface area contributed by atoms with Crippen LogP contribution in [0.2, 0.25) is 0 Å². The number of benzene rings is 1. The molecule has 0 unspecified atom stereocenters. The zero-order chi connectivity index (χ0) is 13.8. The monoisotopic (exact) mass is 319 g/mol. The van der Waals surface area contributed by atoms with Crippen LogP contribution in [0.25, 0.3) is 0 Å². The molecule has 0 aliphatic carbocycles. The van der Waals surface area contributed by atoms with Gasteiger partial charge in [0.25, 0.3) is 0 Å². The second-order valence-electron chi connectivity index (χ2n) is 4.42. The lowest BCUT2D eigenvalue weighted by atomic mass is 10.2. The maximum atomic E-state index is 5.83. The Kier molecular flexibility index (Phi) is 4.56. The van der Waals surface area contributed by atoms with Crippen molar-refractivity contribution in [3.05, 3.63) is 52.1 Å². The fourth-order valence-electron chi connectivity index (χ4n) is 2.12. The van der Waals surface area contributed by atoms with E-state index in [0.29, 0.717) is 6.54 Å². The Bertz CT molecular complexity index is 569. The Hall–Kier alpha value is -1.39. The molecule has 0 atom stereocenters. The van der Waals surface area contributed by atoms with Gasteiger partial charge in [0.15, 0.2) is 0 Å². The highest BCUT2D eigenvalue weighted by molar-refractivity contribution is 9.10. The molecule has 100 valence electrons. The first-order valence-corrected chi connectivity index (χ1v) is 7.13. The molecule has 2 aromatic rings. The van der Waals surface area contributed by atoms with Crippen molar-refractivity contribution in [1.82, 2.24) is 4.98 Å². The van der Waals surface area contributed by atoms with Gasteiger partial charge in [0.1, 0.15) is 5.82 Å². The molecule has 19 heavy (non-hydrogen) atoms. The number of aromatic nitrogens is 1. The van der Waals surface area contributed by atoms with Crippen molar-refractivity contribution >= 4 is 27.4 Å². The van der Waals surface area contributed by atoms with Gasteiger partial charge in [-0.3, -0.25) is 0 Å². The van der Waals surface area contributed by atoms with E-state index in [4.69, 9.17) is 5.73 Å². The molecule has 4 heteroatoms. The summed E-state index contributed by atoms with van der Waals surface area (Å²) < 4.78 is 0.956. The van der Waals surface area contributed by atoms with Gasteiger partial charge in [-0.05, 0) is 53.5 Å². The van der Waals surface area contributed by atoms with Gasteiger partial charge < -0.3 is 10.6 Å². The molecule has 2 rings (SSSR count). The van der Waals surface area contributed by atoms with Crippen LogP contribution in [0.4, 0.5) is 11.5 Å². The molecule has 0 aliphatic heterocycles. The lowest BCUT2D eigenvalue weighted by Crippen LogP contribution is -2.20. The molecule has 0 radical (unpaired) electrons. The third-order valence-corrected chi connectivity index (χ3v) is 3.45. The Labute approximate surface area is 122 Å². The lowest BCUT2D eigenvalue weighted by Gasteiger charge is -2.24. The number of nitrogens with two attached hydrogens (primary N) is 1. The number of rotatable bonds is 4. The third-order valence-electron chi connectivity index (χ3n) is 3.01. The van der Waals surface area contributed by atoms with Crippen LogP contribution in [-0.2, 0) is 6.54 Å². The molecule has 0 saturated heterocycles. The van der Waals surface area contributed by atoms with Crippen molar-refractivity contribution < 1.29 is 0 Å². The van der Waals surface area contributed by atoms with Gasteiger partial charge in [0.2, 0.25) is 0 Å². The van der Waals surface area contributed by atoms with Crippen LogP contribution in [0.3, 0.4) is 0 Å². The van der Waals surface area contributed by atoms with Gasteiger partial charge in [-0.1, -0.05) is 12.1 Å². The molecule has 0 aliphatic rings. The average Bonchev–Trinajstić information content (AvgIpc) is 2.41. The van der Waals surface area contributed by atoms with Gasteiger partial charge in [-0.2, -0.15) is 0 Å². The summed E-state index contributed by atoms with van der Waals surface area (Å²) in [5.41, 5.74) is 9.26. The Balaban J connectivity index is 2.48. The Morgan fingerprint density at radius 3 is 2.74 bits per heavy atom. The van der Waals surface area contributed by atoms with Crippen LogP contribution >= 0.6 is 15.9 Å². The highest BCUT2D eigenvalue weighted by atomic mass is 79.9. The number of anilines is 2. The van der Waals surface area contributed by atoms with E-state index in [1.807, 2.05) is 12.3 Å². The fourth-order valence-corrected chi connectivity index (χ4v) is 2.50. The van der Waals surface area contributed by atoms with Crippen LogP contribution in [-0.4, -0.2) is 11.5 Å². The van der Waals surface area contributed by atoms with E-state index in [2.05, 4.69) is 63.9 Å². The van der Waals surface area contributed by atoms with Gasteiger partial charge in [-0.15, -0.1) is 0 Å². The zero-order valence-electron chi connectivity index (χ0n) is 11.2. The molecule has 2 N–H and O–H groups in total. The van der Waals surface area contributed by atoms with Gasteiger partial charge in [-0.25, -0.2) is 4.98 Å². The SMILES string of the molecule is CCN(c1cccc(C)c1)c1ncc(Br)cc1CN. The molecule has 1 aromatic heterocycles. The average molecular weight is 320 g/mol. The summed E-state index contributed by atoms with van der Waals surface area (Å²) in [4.78, 5) is 6.71. The van der Waals surface area contributed by atoms with Crippen LogP contribution in [0.15, 0.2) is 41.0 Å². The minimum atomic E-state index is 0.476. The number of aryl methyl sites for hydroxylation is 1. The smallest absolute Gasteiger partial charge is 0.137 e.